The van der Waals surface area contributed by atoms with E-state index in [1.54, 1.807) is 0 Å². The molecule has 15 heavy (non-hydrogen) atoms. The molecule has 0 saturated heterocycles. The van der Waals surface area contributed by atoms with Gasteiger partial charge in [0.1, 0.15) is 11.1 Å². The van der Waals surface area contributed by atoms with E-state index >= 15 is 0 Å². The van der Waals surface area contributed by atoms with Crippen LogP contribution in [0.3, 0.4) is 0 Å². The number of allylic oxidation sites excluding steroid dienone is 1. The van der Waals surface area contributed by atoms with Gasteiger partial charge in [-0.05, 0) is 46.0 Å². The molecule has 0 heterocycles. The molecule has 0 radical (unpaired) electrons. The molecule has 2 atom stereocenters. The third-order valence-electron chi connectivity index (χ3n) is 2.65. The molecule has 3 nitrogen and oxygen atoms in total. The van der Waals surface area contributed by atoms with Crippen molar-refractivity contribution >= 4 is 5.97 Å². The predicted octanol–water partition coefficient (Wildman–Crippen LogP) is 2.01. The number of esters is 1. The molecule has 0 spiro atoms. The van der Waals surface area contributed by atoms with Crippen molar-refractivity contribution in [3.8, 4) is 0 Å². The largest absolute Gasteiger partial charge is 0.459 e. The van der Waals surface area contributed by atoms with Crippen LogP contribution in [0, 0.1) is 5.92 Å². The Morgan fingerprint density at radius 3 is 2.73 bits per heavy atom. The van der Waals surface area contributed by atoms with Crippen LogP contribution in [-0.2, 0) is 9.53 Å². The average molecular weight is 211 g/mol. The maximum absolute atomic E-state index is 11.7. The lowest BCUT2D eigenvalue weighted by Crippen LogP contribution is -2.41. The highest BCUT2D eigenvalue weighted by molar-refractivity contribution is 5.85. The molecule has 1 rings (SSSR count). The van der Waals surface area contributed by atoms with E-state index in [1.807, 2.05) is 26.8 Å². The summed E-state index contributed by atoms with van der Waals surface area (Å²) in [5, 5.41) is 0. The Morgan fingerprint density at radius 2 is 2.27 bits per heavy atom. The Hall–Kier alpha value is -0.830. The van der Waals surface area contributed by atoms with Gasteiger partial charge >= 0.3 is 5.97 Å². The first-order valence-electron chi connectivity index (χ1n) is 5.43. The molecule has 0 bridgehead atoms. The van der Waals surface area contributed by atoms with E-state index in [0.717, 1.165) is 19.3 Å². The summed E-state index contributed by atoms with van der Waals surface area (Å²) in [6.07, 6.45) is 4.44. The van der Waals surface area contributed by atoms with E-state index in [-0.39, 0.29) is 11.9 Å². The maximum atomic E-state index is 11.7. The van der Waals surface area contributed by atoms with Crippen molar-refractivity contribution in [2.24, 2.45) is 11.7 Å². The molecular formula is C12H21NO2. The summed E-state index contributed by atoms with van der Waals surface area (Å²) in [5.41, 5.74) is 4.80. The maximum Gasteiger partial charge on any atom is 0.326 e. The molecule has 3 heteroatoms. The number of hydrogen-bond acceptors (Lipinski definition) is 3. The standard InChI is InChI=1S/C12H21NO2/c1-5-6-7-9-8-12(9,13)10(14)15-11(2,3)4/h5,9H,1,6-8,13H2,2-4H3/t9-,12-/m0/s1. The van der Waals surface area contributed by atoms with Crippen molar-refractivity contribution < 1.29 is 9.53 Å². The second-order valence-electron chi connectivity index (χ2n) is 5.31. The number of carbonyl (C=O) groups excluding carboxylic acids is 1. The van der Waals surface area contributed by atoms with Crippen LogP contribution >= 0.6 is 0 Å². The van der Waals surface area contributed by atoms with Crippen molar-refractivity contribution in [2.45, 2.75) is 51.2 Å². The van der Waals surface area contributed by atoms with E-state index in [4.69, 9.17) is 10.5 Å². The summed E-state index contributed by atoms with van der Waals surface area (Å²) in [6.45, 7) is 9.23. The van der Waals surface area contributed by atoms with Crippen LogP contribution in [0.2, 0.25) is 0 Å². The number of hydrogen-bond donors (Lipinski definition) is 1. The Morgan fingerprint density at radius 1 is 1.67 bits per heavy atom. The van der Waals surface area contributed by atoms with Crippen molar-refractivity contribution in [3.05, 3.63) is 12.7 Å². The Labute approximate surface area is 91.7 Å². The summed E-state index contributed by atoms with van der Waals surface area (Å²) in [5.74, 6) is 0.00872. The lowest BCUT2D eigenvalue weighted by Gasteiger charge is -2.22. The molecule has 2 N–H and O–H groups in total. The summed E-state index contributed by atoms with van der Waals surface area (Å²) in [4.78, 5) is 11.7. The van der Waals surface area contributed by atoms with Gasteiger partial charge in [-0.1, -0.05) is 6.08 Å². The zero-order chi connectivity index (χ0) is 11.7. The zero-order valence-corrected chi connectivity index (χ0v) is 9.88. The Kier molecular flexibility index (Phi) is 3.24. The van der Waals surface area contributed by atoms with Gasteiger partial charge < -0.3 is 10.5 Å². The SMILES string of the molecule is C=CCC[C@H]1C[C@@]1(N)C(=O)OC(C)(C)C. The predicted molar refractivity (Wildman–Crippen MR) is 60.3 cm³/mol. The zero-order valence-electron chi connectivity index (χ0n) is 9.88. The Balaban J connectivity index is 2.45. The molecule has 1 saturated carbocycles. The molecular weight excluding hydrogens is 190 g/mol. The van der Waals surface area contributed by atoms with Gasteiger partial charge in [0.15, 0.2) is 0 Å². The fourth-order valence-corrected chi connectivity index (χ4v) is 1.65. The van der Waals surface area contributed by atoms with E-state index in [9.17, 15) is 4.79 Å². The number of rotatable bonds is 4. The summed E-state index contributed by atoms with van der Waals surface area (Å²) >= 11 is 0. The van der Waals surface area contributed by atoms with Gasteiger partial charge in [0.05, 0.1) is 0 Å². The second-order valence-corrected chi connectivity index (χ2v) is 5.31. The lowest BCUT2D eigenvalue weighted by molar-refractivity contribution is -0.158. The Bertz CT molecular complexity index is 267. The lowest BCUT2D eigenvalue weighted by atomic mass is 10.1. The van der Waals surface area contributed by atoms with Crippen LogP contribution in [0.25, 0.3) is 0 Å². The molecule has 0 aromatic carbocycles. The number of nitrogens with two attached hydrogens (primary N) is 1. The first-order chi connectivity index (χ1) is 6.79. The monoisotopic (exact) mass is 211 g/mol. The van der Waals surface area contributed by atoms with Crippen LogP contribution in [0.5, 0.6) is 0 Å². The molecule has 1 aliphatic rings. The van der Waals surface area contributed by atoms with E-state index in [2.05, 4.69) is 6.58 Å². The van der Waals surface area contributed by atoms with Crippen LogP contribution in [0.4, 0.5) is 0 Å². The van der Waals surface area contributed by atoms with Crippen LogP contribution in [0.15, 0.2) is 12.7 Å². The van der Waals surface area contributed by atoms with Crippen molar-refractivity contribution in [1.82, 2.24) is 0 Å². The minimum absolute atomic E-state index is 0.260. The normalized spacial score (nSPS) is 29.7. The minimum atomic E-state index is -0.726. The minimum Gasteiger partial charge on any atom is -0.459 e. The summed E-state index contributed by atoms with van der Waals surface area (Å²) in [7, 11) is 0. The molecule has 0 aromatic heterocycles. The topological polar surface area (TPSA) is 52.3 Å². The smallest absolute Gasteiger partial charge is 0.326 e. The molecule has 86 valence electrons. The van der Waals surface area contributed by atoms with Crippen molar-refractivity contribution in [3.63, 3.8) is 0 Å². The molecule has 1 aliphatic carbocycles. The van der Waals surface area contributed by atoms with Crippen LogP contribution in [-0.4, -0.2) is 17.1 Å². The van der Waals surface area contributed by atoms with E-state index < -0.39 is 11.1 Å². The molecule has 0 unspecified atom stereocenters. The highest BCUT2D eigenvalue weighted by Gasteiger charge is 2.58. The quantitative estimate of drug-likeness (QED) is 0.571. The third-order valence-corrected chi connectivity index (χ3v) is 2.65. The third kappa shape index (κ3) is 3.06. The van der Waals surface area contributed by atoms with Gasteiger partial charge in [-0.15, -0.1) is 6.58 Å². The molecule has 1 fully saturated rings. The first-order valence-corrected chi connectivity index (χ1v) is 5.43. The van der Waals surface area contributed by atoms with Crippen LogP contribution in [0.1, 0.15) is 40.0 Å². The number of ether oxygens (including phenoxy) is 1. The number of carbonyl (C=O) groups is 1. The van der Waals surface area contributed by atoms with Gasteiger partial charge in [-0.2, -0.15) is 0 Å². The van der Waals surface area contributed by atoms with Gasteiger partial charge in [-0.3, -0.25) is 4.79 Å². The molecule has 0 aliphatic heterocycles. The summed E-state index contributed by atoms with van der Waals surface area (Å²) < 4.78 is 5.29. The van der Waals surface area contributed by atoms with Crippen LogP contribution < -0.4 is 5.73 Å². The van der Waals surface area contributed by atoms with Crippen molar-refractivity contribution in [1.29, 1.82) is 0 Å². The van der Waals surface area contributed by atoms with Gasteiger partial charge in [-0.25, -0.2) is 0 Å². The van der Waals surface area contributed by atoms with Gasteiger partial charge in [0, 0.05) is 0 Å². The molecule has 0 aromatic rings. The van der Waals surface area contributed by atoms with Crippen molar-refractivity contribution in [2.75, 3.05) is 0 Å². The van der Waals surface area contributed by atoms with Gasteiger partial charge in [0.25, 0.3) is 0 Å². The van der Waals surface area contributed by atoms with Gasteiger partial charge in [0.2, 0.25) is 0 Å². The van der Waals surface area contributed by atoms with E-state index in [0.29, 0.717) is 0 Å². The highest BCUT2D eigenvalue weighted by atomic mass is 16.6. The summed E-state index contributed by atoms with van der Waals surface area (Å²) in [6, 6.07) is 0. The first kappa shape index (κ1) is 12.2. The van der Waals surface area contributed by atoms with E-state index in [1.165, 1.54) is 0 Å². The average Bonchev–Trinajstić information content (AvgIpc) is 2.72. The second kappa shape index (κ2) is 3.97. The fourth-order valence-electron chi connectivity index (χ4n) is 1.65. The highest BCUT2D eigenvalue weighted by Crippen LogP contribution is 2.45. The fraction of sp³-hybridized carbons (Fsp3) is 0.750. The molecule has 0 amide bonds.